The Morgan fingerprint density at radius 2 is 2.06 bits per heavy atom. The summed E-state index contributed by atoms with van der Waals surface area (Å²) in [5.74, 6) is 0.960. The van der Waals surface area contributed by atoms with E-state index in [1.165, 1.54) is 30.4 Å². The van der Waals surface area contributed by atoms with Crippen LogP contribution in [0, 0.1) is 6.92 Å². The van der Waals surface area contributed by atoms with Crippen LogP contribution in [0.25, 0.3) is 0 Å². The molecule has 0 aliphatic carbocycles. The van der Waals surface area contributed by atoms with Crippen molar-refractivity contribution in [3.05, 3.63) is 29.3 Å². The highest BCUT2D eigenvalue weighted by Gasteiger charge is 2.08. The van der Waals surface area contributed by atoms with Gasteiger partial charge in [-0.2, -0.15) is 0 Å². The third-order valence-corrected chi connectivity index (χ3v) is 3.10. The molecule has 0 fully saturated rings. The molecule has 17 heavy (non-hydrogen) atoms. The van der Waals surface area contributed by atoms with Gasteiger partial charge in [0.2, 0.25) is 0 Å². The van der Waals surface area contributed by atoms with Crippen LogP contribution in [0.4, 0.5) is 0 Å². The number of ether oxygens (including phenoxy) is 1. The standard InChI is InChI=1S/C15H25NO/c1-4-5-6-7-14(16)11-13-10-12(2)8-9-15(13)17-3/h8-10,14H,4-7,11,16H2,1-3H3. The number of unbranched alkanes of at least 4 members (excludes halogenated alkanes) is 2. The zero-order valence-corrected chi connectivity index (χ0v) is 11.3. The van der Waals surface area contributed by atoms with E-state index in [1.54, 1.807) is 7.11 Å². The number of nitrogens with two attached hydrogens (primary N) is 1. The normalized spacial score (nSPS) is 12.5. The lowest BCUT2D eigenvalue weighted by molar-refractivity contribution is 0.406. The largest absolute Gasteiger partial charge is 0.496 e. The molecule has 0 aliphatic heterocycles. The Hall–Kier alpha value is -1.02. The van der Waals surface area contributed by atoms with Gasteiger partial charge >= 0.3 is 0 Å². The van der Waals surface area contributed by atoms with Crippen molar-refractivity contribution in [2.45, 2.75) is 52.0 Å². The van der Waals surface area contributed by atoms with Crippen molar-refractivity contribution in [3.8, 4) is 5.75 Å². The first kappa shape index (κ1) is 14.0. The Morgan fingerprint density at radius 1 is 1.29 bits per heavy atom. The maximum absolute atomic E-state index is 6.16. The first-order chi connectivity index (χ1) is 8.17. The molecule has 0 aliphatic rings. The lowest BCUT2D eigenvalue weighted by Gasteiger charge is -2.14. The maximum Gasteiger partial charge on any atom is 0.122 e. The molecule has 1 rings (SSSR count). The predicted molar refractivity (Wildman–Crippen MR) is 73.6 cm³/mol. The van der Waals surface area contributed by atoms with E-state index in [9.17, 15) is 0 Å². The van der Waals surface area contributed by atoms with Crippen LogP contribution in [0.15, 0.2) is 18.2 Å². The second kappa shape index (κ2) is 7.33. The van der Waals surface area contributed by atoms with E-state index in [4.69, 9.17) is 10.5 Å². The van der Waals surface area contributed by atoms with Gasteiger partial charge in [0.25, 0.3) is 0 Å². The summed E-state index contributed by atoms with van der Waals surface area (Å²) in [6.45, 7) is 4.32. The first-order valence-corrected chi connectivity index (χ1v) is 6.56. The molecular weight excluding hydrogens is 210 g/mol. The van der Waals surface area contributed by atoms with Gasteiger partial charge in [-0.3, -0.25) is 0 Å². The molecule has 2 nitrogen and oxygen atoms in total. The fourth-order valence-corrected chi connectivity index (χ4v) is 2.11. The molecule has 1 atom stereocenters. The summed E-state index contributed by atoms with van der Waals surface area (Å²) in [4.78, 5) is 0. The van der Waals surface area contributed by atoms with Gasteiger partial charge in [-0.15, -0.1) is 0 Å². The van der Waals surface area contributed by atoms with Gasteiger partial charge in [0, 0.05) is 6.04 Å². The summed E-state index contributed by atoms with van der Waals surface area (Å²) in [7, 11) is 1.72. The zero-order valence-electron chi connectivity index (χ0n) is 11.3. The van der Waals surface area contributed by atoms with Crippen LogP contribution < -0.4 is 10.5 Å². The van der Waals surface area contributed by atoms with E-state index in [0.717, 1.165) is 18.6 Å². The number of hydrogen-bond donors (Lipinski definition) is 1. The van der Waals surface area contributed by atoms with Gasteiger partial charge in [0.15, 0.2) is 0 Å². The van der Waals surface area contributed by atoms with Crippen LogP contribution in [0.3, 0.4) is 0 Å². The first-order valence-electron chi connectivity index (χ1n) is 6.56. The number of rotatable bonds is 7. The average molecular weight is 235 g/mol. The Bertz CT molecular complexity index is 336. The summed E-state index contributed by atoms with van der Waals surface area (Å²) in [5.41, 5.74) is 8.66. The van der Waals surface area contributed by atoms with Crippen molar-refractivity contribution in [2.24, 2.45) is 5.73 Å². The lowest BCUT2D eigenvalue weighted by Crippen LogP contribution is -2.23. The smallest absolute Gasteiger partial charge is 0.122 e. The minimum absolute atomic E-state index is 0.247. The van der Waals surface area contributed by atoms with Crippen LogP contribution >= 0.6 is 0 Å². The van der Waals surface area contributed by atoms with Crippen molar-refractivity contribution in [1.29, 1.82) is 0 Å². The van der Waals surface area contributed by atoms with E-state index in [0.29, 0.717) is 0 Å². The van der Waals surface area contributed by atoms with E-state index in [2.05, 4.69) is 26.0 Å². The van der Waals surface area contributed by atoms with Gasteiger partial charge in [-0.05, 0) is 31.4 Å². The molecule has 96 valence electrons. The quantitative estimate of drug-likeness (QED) is 0.735. The third kappa shape index (κ3) is 4.78. The van der Waals surface area contributed by atoms with E-state index in [1.807, 2.05) is 6.07 Å². The zero-order chi connectivity index (χ0) is 12.7. The molecule has 0 saturated heterocycles. The van der Waals surface area contributed by atoms with Gasteiger partial charge in [-0.1, -0.05) is 43.9 Å². The summed E-state index contributed by atoms with van der Waals surface area (Å²) < 4.78 is 5.37. The van der Waals surface area contributed by atoms with Crippen LogP contribution in [-0.2, 0) is 6.42 Å². The molecule has 0 heterocycles. The fraction of sp³-hybridized carbons (Fsp3) is 0.600. The molecule has 0 radical (unpaired) electrons. The Kier molecular flexibility index (Phi) is 6.06. The van der Waals surface area contributed by atoms with Gasteiger partial charge in [0.05, 0.1) is 7.11 Å². The summed E-state index contributed by atoms with van der Waals surface area (Å²) >= 11 is 0. The lowest BCUT2D eigenvalue weighted by atomic mass is 9.99. The second-order valence-corrected chi connectivity index (χ2v) is 4.78. The molecular formula is C15H25NO. The minimum Gasteiger partial charge on any atom is -0.496 e. The Morgan fingerprint density at radius 3 is 2.71 bits per heavy atom. The summed E-state index contributed by atoms with van der Waals surface area (Å²) in [6, 6.07) is 6.53. The number of methoxy groups -OCH3 is 1. The molecule has 1 unspecified atom stereocenters. The number of hydrogen-bond acceptors (Lipinski definition) is 2. The molecule has 2 N–H and O–H groups in total. The SMILES string of the molecule is CCCCCC(N)Cc1cc(C)ccc1OC. The number of benzene rings is 1. The highest BCUT2D eigenvalue weighted by Crippen LogP contribution is 2.21. The van der Waals surface area contributed by atoms with Crippen molar-refractivity contribution in [2.75, 3.05) is 7.11 Å². The van der Waals surface area contributed by atoms with E-state index >= 15 is 0 Å². The minimum atomic E-state index is 0.247. The molecule has 0 aromatic heterocycles. The average Bonchev–Trinajstić information content (AvgIpc) is 2.29. The topological polar surface area (TPSA) is 35.2 Å². The van der Waals surface area contributed by atoms with E-state index in [-0.39, 0.29) is 6.04 Å². The molecule has 1 aromatic carbocycles. The molecule has 0 bridgehead atoms. The Labute approximate surface area is 105 Å². The molecule has 2 heteroatoms. The predicted octanol–water partition coefficient (Wildman–Crippen LogP) is 3.45. The van der Waals surface area contributed by atoms with Crippen LogP contribution in [0.2, 0.25) is 0 Å². The van der Waals surface area contributed by atoms with Crippen molar-refractivity contribution < 1.29 is 4.74 Å². The van der Waals surface area contributed by atoms with Crippen LogP contribution in [-0.4, -0.2) is 13.2 Å². The summed E-state index contributed by atoms with van der Waals surface area (Å²) in [6.07, 6.45) is 5.77. The second-order valence-electron chi connectivity index (χ2n) is 4.78. The molecule has 0 saturated carbocycles. The van der Waals surface area contributed by atoms with Gasteiger partial charge in [0.1, 0.15) is 5.75 Å². The van der Waals surface area contributed by atoms with Crippen molar-refractivity contribution in [1.82, 2.24) is 0 Å². The van der Waals surface area contributed by atoms with Gasteiger partial charge in [-0.25, -0.2) is 0 Å². The van der Waals surface area contributed by atoms with Crippen molar-refractivity contribution in [3.63, 3.8) is 0 Å². The van der Waals surface area contributed by atoms with E-state index < -0.39 is 0 Å². The highest BCUT2D eigenvalue weighted by atomic mass is 16.5. The van der Waals surface area contributed by atoms with Crippen molar-refractivity contribution >= 4 is 0 Å². The van der Waals surface area contributed by atoms with Crippen LogP contribution in [0.5, 0.6) is 5.75 Å². The monoisotopic (exact) mass is 235 g/mol. The highest BCUT2D eigenvalue weighted by molar-refractivity contribution is 5.37. The van der Waals surface area contributed by atoms with Crippen LogP contribution in [0.1, 0.15) is 43.7 Å². The Balaban J connectivity index is 2.57. The fourth-order valence-electron chi connectivity index (χ4n) is 2.11. The van der Waals surface area contributed by atoms with Gasteiger partial charge < -0.3 is 10.5 Å². The molecule has 0 spiro atoms. The number of aryl methyl sites for hydroxylation is 1. The molecule has 0 amide bonds. The molecule has 1 aromatic rings. The summed E-state index contributed by atoms with van der Waals surface area (Å²) in [5, 5.41) is 0. The maximum atomic E-state index is 6.16. The third-order valence-electron chi connectivity index (χ3n) is 3.10.